The van der Waals surface area contributed by atoms with E-state index in [2.05, 4.69) is 18.1 Å². The van der Waals surface area contributed by atoms with Gasteiger partial charge in [-0.1, -0.05) is 48.0 Å². The van der Waals surface area contributed by atoms with Crippen LogP contribution in [-0.4, -0.2) is 9.78 Å². The molecule has 20 heavy (non-hydrogen) atoms. The van der Waals surface area contributed by atoms with Crippen LogP contribution < -0.4 is 5.73 Å². The summed E-state index contributed by atoms with van der Waals surface area (Å²) in [5, 5.41) is 5.20. The minimum atomic E-state index is 0.566. The molecule has 0 radical (unpaired) electrons. The first kappa shape index (κ1) is 12.8. The number of halogens is 1. The van der Waals surface area contributed by atoms with Crippen molar-refractivity contribution in [2.45, 2.75) is 6.92 Å². The molecule has 3 aromatic rings. The van der Waals surface area contributed by atoms with Crippen LogP contribution in [0.5, 0.6) is 0 Å². The van der Waals surface area contributed by atoms with Crippen molar-refractivity contribution in [1.82, 2.24) is 9.78 Å². The number of anilines is 1. The van der Waals surface area contributed by atoms with E-state index >= 15 is 0 Å². The zero-order chi connectivity index (χ0) is 14.1. The Morgan fingerprint density at radius 2 is 1.75 bits per heavy atom. The Morgan fingerprint density at radius 1 is 1.05 bits per heavy atom. The fraction of sp³-hybridized carbons (Fsp3) is 0.0625. The summed E-state index contributed by atoms with van der Waals surface area (Å²) in [6.07, 6.45) is 0. The molecule has 0 bridgehead atoms. The lowest BCUT2D eigenvalue weighted by molar-refractivity contribution is 0.895. The molecule has 0 fully saturated rings. The zero-order valence-electron chi connectivity index (χ0n) is 11.0. The van der Waals surface area contributed by atoms with Crippen molar-refractivity contribution in [1.29, 1.82) is 0 Å². The summed E-state index contributed by atoms with van der Waals surface area (Å²) in [7, 11) is 0. The molecule has 0 saturated carbocycles. The summed E-state index contributed by atoms with van der Waals surface area (Å²) in [6, 6.07) is 17.5. The molecule has 0 aliphatic carbocycles. The maximum absolute atomic E-state index is 6.20. The number of para-hydroxylation sites is 1. The van der Waals surface area contributed by atoms with E-state index in [-0.39, 0.29) is 0 Å². The first-order valence-electron chi connectivity index (χ1n) is 6.33. The maximum Gasteiger partial charge on any atom is 0.127 e. The normalized spacial score (nSPS) is 10.7. The van der Waals surface area contributed by atoms with E-state index in [0.717, 1.165) is 22.5 Å². The molecule has 0 aliphatic heterocycles. The summed E-state index contributed by atoms with van der Waals surface area (Å²) in [4.78, 5) is 0. The average Bonchev–Trinajstić information content (AvgIpc) is 2.81. The van der Waals surface area contributed by atoms with Gasteiger partial charge in [-0.15, -0.1) is 0 Å². The molecule has 3 nitrogen and oxygen atoms in total. The molecule has 2 N–H and O–H groups in total. The second-order valence-corrected chi connectivity index (χ2v) is 5.04. The Bertz CT molecular complexity index is 762. The van der Waals surface area contributed by atoms with E-state index in [9.17, 15) is 0 Å². The quantitative estimate of drug-likeness (QED) is 0.770. The highest BCUT2D eigenvalue weighted by atomic mass is 35.5. The van der Waals surface area contributed by atoms with Gasteiger partial charge in [0.25, 0.3) is 0 Å². The van der Waals surface area contributed by atoms with E-state index in [1.165, 1.54) is 0 Å². The number of aryl methyl sites for hydroxylation is 1. The Balaban J connectivity index is 2.13. The highest BCUT2D eigenvalue weighted by Crippen LogP contribution is 2.27. The second-order valence-electron chi connectivity index (χ2n) is 4.63. The fourth-order valence-corrected chi connectivity index (χ4v) is 2.42. The van der Waals surface area contributed by atoms with Crippen LogP contribution in [0.2, 0.25) is 5.02 Å². The molecule has 3 rings (SSSR count). The third-order valence-corrected chi connectivity index (χ3v) is 3.56. The third kappa shape index (κ3) is 2.17. The minimum absolute atomic E-state index is 0.566. The molecule has 0 amide bonds. The third-order valence-electron chi connectivity index (χ3n) is 3.24. The number of benzene rings is 2. The van der Waals surface area contributed by atoms with Crippen LogP contribution in [0.3, 0.4) is 0 Å². The van der Waals surface area contributed by atoms with Gasteiger partial charge in [-0.2, -0.15) is 5.10 Å². The molecule has 0 saturated heterocycles. The van der Waals surface area contributed by atoms with Crippen LogP contribution in [0.4, 0.5) is 5.82 Å². The molecule has 0 unspecified atom stereocenters. The van der Waals surface area contributed by atoms with Crippen molar-refractivity contribution in [2.75, 3.05) is 5.73 Å². The number of rotatable bonds is 2. The number of aromatic nitrogens is 2. The number of nitrogens with two attached hydrogens (primary N) is 1. The summed E-state index contributed by atoms with van der Waals surface area (Å²) in [5.41, 5.74) is 9.94. The van der Waals surface area contributed by atoms with Gasteiger partial charge in [-0.05, 0) is 24.6 Å². The monoisotopic (exact) mass is 283 g/mol. The predicted molar refractivity (Wildman–Crippen MR) is 83.2 cm³/mol. The van der Waals surface area contributed by atoms with Crippen molar-refractivity contribution in [2.24, 2.45) is 0 Å². The van der Waals surface area contributed by atoms with Crippen molar-refractivity contribution < 1.29 is 0 Å². The lowest BCUT2D eigenvalue weighted by Gasteiger charge is -2.05. The van der Waals surface area contributed by atoms with Gasteiger partial charge < -0.3 is 5.73 Å². The molecule has 100 valence electrons. The number of hydrogen-bond donors (Lipinski definition) is 1. The summed E-state index contributed by atoms with van der Waals surface area (Å²) >= 11 is 6.20. The summed E-state index contributed by atoms with van der Waals surface area (Å²) in [6.45, 7) is 2.06. The van der Waals surface area contributed by atoms with Crippen molar-refractivity contribution >= 4 is 17.4 Å². The van der Waals surface area contributed by atoms with Crippen molar-refractivity contribution in [3.63, 3.8) is 0 Å². The lowest BCUT2D eigenvalue weighted by atomic mass is 10.1. The zero-order valence-corrected chi connectivity index (χ0v) is 11.8. The highest BCUT2D eigenvalue weighted by molar-refractivity contribution is 6.32. The Morgan fingerprint density at radius 3 is 2.50 bits per heavy atom. The standard InChI is InChI=1S/C16H14ClN3/c1-11-6-2-3-7-12(11)14-10-16(18)20(19-14)15-9-5-4-8-13(15)17/h2-10H,18H2,1H3. The van der Waals surface area contributed by atoms with Gasteiger partial charge in [-0.25, -0.2) is 4.68 Å². The second kappa shape index (κ2) is 5.02. The van der Waals surface area contributed by atoms with Crippen LogP contribution in [0.1, 0.15) is 5.56 Å². The molecular weight excluding hydrogens is 270 g/mol. The molecule has 1 heterocycles. The number of hydrogen-bond acceptors (Lipinski definition) is 2. The van der Waals surface area contributed by atoms with E-state index in [4.69, 9.17) is 17.3 Å². The molecule has 2 aromatic carbocycles. The van der Waals surface area contributed by atoms with Gasteiger partial charge >= 0.3 is 0 Å². The molecule has 0 atom stereocenters. The van der Waals surface area contributed by atoms with Gasteiger partial charge in [0.15, 0.2) is 0 Å². The highest BCUT2D eigenvalue weighted by Gasteiger charge is 2.12. The van der Waals surface area contributed by atoms with Crippen molar-refractivity contribution in [3.8, 4) is 16.9 Å². The number of nitrogens with zero attached hydrogens (tertiary/aromatic N) is 2. The van der Waals surface area contributed by atoms with Crippen LogP contribution in [0, 0.1) is 6.92 Å². The van der Waals surface area contributed by atoms with E-state index in [1.807, 2.05) is 48.5 Å². The summed E-state index contributed by atoms with van der Waals surface area (Å²) in [5.74, 6) is 0.566. The maximum atomic E-state index is 6.20. The van der Waals surface area contributed by atoms with E-state index < -0.39 is 0 Å². The summed E-state index contributed by atoms with van der Waals surface area (Å²) < 4.78 is 1.67. The minimum Gasteiger partial charge on any atom is -0.384 e. The van der Waals surface area contributed by atoms with Gasteiger partial charge in [0.1, 0.15) is 5.82 Å². The van der Waals surface area contributed by atoms with E-state index in [0.29, 0.717) is 10.8 Å². The van der Waals surface area contributed by atoms with Crippen LogP contribution in [-0.2, 0) is 0 Å². The first-order chi connectivity index (χ1) is 9.66. The Hall–Kier alpha value is -2.26. The SMILES string of the molecule is Cc1ccccc1-c1cc(N)n(-c2ccccc2Cl)n1. The molecule has 4 heteroatoms. The van der Waals surface area contributed by atoms with Crippen molar-refractivity contribution in [3.05, 3.63) is 65.2 Å². The van der Waals surface area contributed by atoms with Crippen LogP contribution in [0.25, 0.3) is 16.9 Å². The molecular formula is C16H14ClN3. The Kier molecular flexibility index (Phi) is 3.20. The van der Waals surface area contributed by atoms with Crippen LogP contribution in [0.15, 0.2) is 54.6 Å². The number of nitrogen functional groups attached to an aromatic ring is 1. The van der Waals surface area contributed by atoms with E-state index in [1.54, 1.807) is 4.68 Å². The van der Waals surface area contributed by atoms with Gasteiger partial charge in [0.2, 0.25) is 0 Å². The Labute approximate surface area is 122 Å². The molecule has 1 aromatic heterocycles. The smallest absolute Gasteiger partial charge is 0.127 e. The molecule has 0 spiro atoms. The van der Waals surface area contributed by atoms with Gasteiger partial charge in [-0.3, -0.25) is 0 Å². The topological polar surface area (TPSA) is 43.8 Å². The average molecular weight is 284 g/mol. The largest absolute Gasteiger partial charge is 0.384 e. The van der Waals surface area contributed by atoms with Gasteiger partial charge in [0.05, 0.1) is 16.4 Å². The lowest BCUT2D eigenvalue weighted by Crippen LogP contribution is -2.02. The predicted octanol–water partition coefficient (Wildman–Crippen LogP) is 4.08. The fourth-order valence-electron chi connectivity index (χ4n) is 2.20. The first-order valence-corrected chi connectivity index (χ1v) is 6.71. The van der Waals surface area contributed by atoms with Gasteiger partial charge in [0, 0.05) is 11.6 Å². The van der Waals surface area contributed by atoms with Crippen LogP contribution >= 0.6 is 11.6 Å². The molecule has 0 aliphatic rings.